The predicted molar refractivity (Wildman–Crippen MR) is 70.2 cm³/mol. The first-order chi connectivity index (χ1) is 9.80. The highest BCUT2D eigenvalue weighted by Crippen LogP contribution is 2.34. The molecule has 0 unspecified atom stereocenters. The second kappa shape index (κ2) is 5.47. The zero-order valence-electron chi connectivity index (χ0n) is 11.1. The molecular formula is C13H13F3N4O. The van der Waals surface area contributed by atoms with E-state index in [4.69, 9.17) is 5.73 Å². The number of nitrogen functional groups attached to an aromatic ring is 1. The molecule has 1 aromatic carbocycles. The third-order valence-electron chi connectivity index (χ3n) is 3.01. The summed E-state index contributed by atoms with van der Waals surface area (Å²) in [6.45, 7) is 0.144. The van der Waals surface area contributed by atoms with Crippen LogP contribution in [-0.4, -0.2) is 15.7 Å². The molecule has 0 radical (unpaired) electrons. The second-order valence-electron chi connectivity index (χ2n) is 4.39. The Kier molecular flexibility index (Phi) is 3.88. The highest BCUT2D eigenvalue weighted by molar-refractivity contribution is 5.99. The van der Waals surface area contributed by atoms with Crippen LogP contribution in [0, 0.1) is 0 Å². The lowest BCUT2D eigenvalue weighted by atomic mass is 10.1. The maximum absolute atomic E-state index is 12.7. The standard InChI is InChI=1S/C13H13F3N4O/c1-20-8(5-6-19-20)7-18-12(21)9-3-2-4-10(11(9)17)13(14,15)16/h2-6H,7,17H2,1H3,(H,18,21). The van der Waals surface area contributed by atoms with Crippen LogP contribution in [0.3, 0.4) is 0 Å². The van der Waals surface area contributed by atoms with Gasteiger partial charge in [-0.05, 0) is 18.2 Å². The van der Waals surface area contributed by atoms with Crippen LogP contribution in [0.4, 0.5) is 18.9 Å². The topological polar surface area (TPSA) is 72.9 Å². The molecule has 0 saturated heterocycles. The summed E-state index contributed by atoms with van der Waals surface area (Å²) >= 11 is 0. The van der Waals surface area contributed by atoms with Gasteiger partial charge in [-0.3, -0.25) is 9.48 Å². The maximum atomic E-state index is 12.7. The van der Waals surface area contributed by atoms with Crippen LogP contribution in [0.5, 0.6) is 0 Å². The number of amides is 1. The Labute approximate surface area is 118 Å². The van der Waals surface area contributed by atoms with Gasteiger partial charge in [-0.15, -0.1) is 0 Å². The number of aromatic nitrogens is 2. The SMILES string of the molecule is Cn1nccc1CNC(=O)c1cccc(C(F)(F)F)c1N. The molecule has 21 heavy (non-hydrogen) atoms. The molecule has 0 saturated carbocycles. The third kappa shape index (κ3) is 3.15. The van der Waals surface area contributed by atoms with Gasteiger partial charge < -0.3 is 11.1 Å². The number of halogens is 3. The number of carbonyl (C=O) groups excluding carboxylic acids is 1. The van der Waals surface area contributed by atoms with Gasteiger partial charge in [-0.2, -0.15) is 18.3 Å². The summed E-state index contributed by atoms with van der Waals surface area (Å²) in [6.07, 6.45) is -3.04. The molecule has 8 heteroatoms. The Bertz CT molecular complexity index is 664. The van der Waals surface area contributed by atoms with E-state index in [9.17, 15) is 18.0 Å². The predicted octanol–water partition coefficient (Wildman–Crippen LogP) is 1.95. The minimum Gasteiger partial charge on any atom is -0.398 e. The van der Waals surface area contributed by atoms with Gasteiger partial charge in [0.15, 0.2) is 0 Å². The minimum atomic E-state index is -4.59. The summed E-state index contributed by atoms with van der Waals surface area (Å²) in [5.41, 5.74) is 4.37. The quantitative estimate of drug-likeness (QED) is 0.851. The number of aryl methyl sites for hydroxylation is 1. The van der Waals surface area contributed by atoms with E-state index in [1.54, 1.807) is 24.0 Å². The molecule has 3 N–H and O–H groups in total. The summed E-state index contributed by atoms with van der Waals surface area (Å²) in [5, 5.41) is 6.44. The third-order valence-corrected chi connectivity index (χ3v) is 3.01. The van der Waals surface area contributed by atoms with Gasteiger partial charge in [-0.1, -0.05) is 6.07 Å². The Morgan fingerprint density at radius 1 is 1.38 bits per heavy atom. The van der Waals surface area contributed by atoms with Gasteiger partial charge >= 0.3 is 6.18 Å². The molecule has 0 spiro atoms. The molecule has 0 atom stereocenters. The number of benzene rings is 1. The van der Waals surface area contributed by atoms with Gasteiger partial charge in [0, 0.05) is 13.2 Å². The van der Waals surface area contributed by atoms with Crippen molar-refractivity contribution in [3.63, 3.8) is 0 Å². The first-order valence-corrected chi connectivity index (χ1v) is 6.01. The molecule has 0 bridgehead atoms. The lowest BCUT2D eigenvalue weighted by molar-refractivity contribution is -0.136. The smallest absolute Gasteiger partial charge is 0.398 e. The lowest BCUT2D eigenvalue weighted by Gasteiger charge is -2.13. The van der Waals surface area contributed by atoms with Gasteiger partial charge in [0.1, 0.15) is 0 Å². The largest absolute Gasteiger partial charge is 0.418 e. The number of anilines is 1. The minimum absolute atomic E-state index is 0.144. The highest BCUT2D eigenvalue weighted by atomic mass is 19.4. The average Bonchev–Trinajstić information content (AvgIpc) is 2.80. The van der Waals surface area contributed by atoms with Crippen molar-refractivity contribution in [2.45, 2.75) is 12.7 Å². The van der Waals surface area contributed by atoms with Crippen LogP contribution < -0.4 is 11.1 Å². The maximum Gasteiger partial charge on any atom is 0.418 e. The first-order valence-electron chi connectivity index (χ1n) is 6.01. The molecule has 1 amide bonds. The molecule has 1 heterocycles. The van der Waals surface area contributed by atoms with E-state index in [0.29, 0.717) is 5.69 Å². The number of alkyl halides is 3. The van der Waals surface area contributed by atoms with E-state index in [0.717, 1.165) is 12.1 Å². The summed E-state index contributed by atoms with van der Waals surface area (Å²) < 4.78 is 39.7. The van der Waals surface area contributed by atoms with Crippen LogP contribution in [0.2, 0.25) is 0 Å². The zero-order chi connectivity index (χ0) is 15.6. The van der Waals surface area contributed by atoms with E-state index < -0.39 is 23.3 Å². The Hall–Kier alpha value is -2.51. The van der Waals surface area contributed by atoms with Crippen LogP contribution in [-0.2, 0) is 19.8 Å². The number of nitrogens with two attached hydrogens (primary N) is 1. The molecule has 0 aliphatic rings. The number of carbonyl (C=O) groups is 1. The molecule has 1 aromatic heterocycles. The van der Waals surface area contributed by atoms with Gasteiger partial charge in [0.2, 0.25) is 0 Å². The monoisotopic (exact) mass is 298 g/mol. The van der Waals surface area contributed by atoms with Crippen molar-refractivity contribution in [3.8, 4) is 0 Å². The van der Waals surface area contributed by atoms with E-state index in [-0.39, 0.29) is 12.1 Å². The van der Waals surface area contributed by atoms with Crippen molar-refractivity contribution in [2.75, 3.05) is 5.73 Å². The first kappa shape index (κ1) is 14.9. The number of hydrogen-bond donors (Lipinski definition) is 2. The van der Waals surface area contributed by atoms with Gasteiger partial charge in [0.05, 0.1) is 29.1 Å². The van der Waals surface area contributed by atoms with E-state index in [2.05, 4.69) is 10.4 Å². The van der Waals surface area contributed by atoms with Crippen molar-refractivity contribution in [3.05, 3.63) is 47.3 Å². The average molecular weight is 298 g/mol. The molecule has 112 valence electrons. The lowest BCUT2D eigenvalue weighted by Crippen LogP contribution is -2.26. The van der Waals surface area contributed by atoms with Crippen LogP contribution in [0.25, 0.3) is 0 Å². The molecule has 0 fully saturated rings. The van der Waals surface area contributed by atoms with Crippen LogP contribution >= 0.6 is 0 Å². The number of para-hydroxylation sites is 1. The molecule has 0 aliphatic carbocycles. The molecule has 5 nitrogen and oxygen atoms in total. The van der Waals surface area contributed by atoms with Crippen molar-refractivity contribution in [1.82, 2.24) is 15.1 Å². The summed E-state index contributed by atoms with van der Waals surface area (Å²) in [6, 6.07) is 4.93. The van der Waals surface area contributed by atoms with Gasteiger partial charge in [-0.25, -0.2) is 0 Å². The molecular weight excluding hydrogens is 285 g/mol. The highest BCUT2D eigenvalue weighted by Gasteiger charge is 2.34. The van der Waals surface area contributed by atoms with E-state index in [1.807, 2.05) is 0 Å². The van der Waals surface area contributed by atoms with Gasteiger partial charge in [0.25, 0.3) is 5.91 Å². The Morgan fingerprint density at radius 2 is 2.10 bits per heavy atom. The number of nitrogens with one attached hydrogen (secondary N) is 1. The number of nitrogens with zero attached hydrogens (tertiary/aromatic N) is 2. The van der Waals surface area contributed by atoms with Crippen molar-refractivity contribution < 1.29 is 18.0 Å². The fourth-order valence-corrected chi connectivity index (χ4v) is 1.85. The fraction of sp³-hybridized carbons (Fsp3) is 0.231. The molecule has 0 aliphatic heterocycles. The Morgan fingerprint density at radius 3 is 2.67 bits per heavy atom. The number of hydrogen-bond acceptors (Lipinski definition) is 3. The summed E-state index contributed by atoms with van der Waals surface area (Å²) in [4.78, 5) is 12.0. The normalized spacial score (nSPS) is 11.4. The molecule has 2 rings (SSSR count). The van der Waals surface area contributed by atoms with E-state index in [1.165, 1.54) is 6.07 Å². The second-order valence-corrected chi connectivity index (χ2v) is 4.39. The van der Waals surface area contributed by atoms with Crippen molar-refractivity contribution >= 4 is 11.6 Å². The zero-order valence-corrected chi connectivity index (χ0v) is 11.1. The van der Waals surface area contributed by atoms with Crippen LogP contribution in [0.15, 0.2) is 30.5 Å². The summed E-state index contributed by atoms with van der Waals surface area (Å²) in [5.74, 6) is -0.667. The summed E-state index contributed by atoms with van der Waals surface area (Å²) in [7, 11) is 1.69. The van der Waals surface area contributed by atoms with E-state index >= 15 is 0 Å². The number of rotatable bonds is 3. The van der Waals surface area contributed by atoms with Crippen molar-refractivity contribution in [1.29, 1.82) is 0 Å². The Balaban J connectivity index is 2.18. The fourth-order valence-electron chi connectivity index (χ4n) is 1.85. The van der Waals surface area contributed by atoms with Crippen molar-refractivity contribution in [2.24, 2.45) is 7.05 Å². The van der Waals surface area contributed by atoms with Crippen LogP contribution in [0.1, 0.15) is 21.6 Å². The molecule has 2 aromatic rings.